The molecular formula is C13H19BrN2. The van der Waals surface area contributed by atoms with Crippen LogP contribution in [-0.4, -0.2) is 31.6 Å². The van der Waals surface area contributed by atoms with Crippen LogP contribution in [0.25, 0.3) is 0 Å². The van der Waals surface area contributed by atoms with Crippen molar-refractivity contribution in [1.29, 1.82) is 0 Å². The first kappa shape index (κ1) is 11.9. The van der Waals surface area contributed by atoms with E-state index in [0.717, 1.165) is 23.5 Å². The lowest BCUT2D eigenvalue weighted by Crippen LogP contribution is -2.27. The Balaban J connectivity index is 1.66. The summed E-state index contributed by atoms with van der Waals surface area (Å²) in [4.78, 5) is 2.42. The molecule has 1 aliphatic rings. The maximum atomic E-state index is 3.47. The first-order valence-electron chi connectivity index (χ1n) is 5.92. The maximum Gasteiger partial charge on any atom is 0.0351 e. The van der Waals surface area contributed by atoms with Gasteiger partial charge in [0.05, 0.1) is 0 Å². The maximum absolute atomic E-state index is 3.47. The summed E-state index contributed by atoms with van der Waals surface area (Å²) in [6.45, 7) is 3.39. The lowest BCUT2D eigenvalue weighted by molar-refractivity contribution is 0.332. The van der Waals surface area contributed by atoms with Crippen molar-refractivity contribution < 1.29 is 0 Å². The number of benzene rings is 1. The standard InChI is InChI=1S/C13H19BrN2/c1-16(10-11-5-6-11)8-7-15-13-4-2-3-12(14)9-13/h2-4,9,11,15H,5-8,10H2,1H3. The van der Waals surface area contributed by atoms with Crippen molar-refractivity contribution in [2.24, 2.45) is 5.92 Å². The Morgan fingerprint density at radius 2 is 2.25 bits per heavy atom. The third kappa shape index (κ3) is 4.14. The fourth-order valence-electron chi connectivity index (χ4n) is 1.82. The summed E-state index contributed by atoms with van der Waals surface area (Å²) in [5, 5.41) is 3.44. The van der Waals surface area contributed by atoms with Crippen LogP contribution in [0.5, 0.6) is 0 Å². The highest BCUT2D eigenvalue weighted by Gasteiger charge is 2.22. The number of hydrogen-bond donors (Lipinski definition) is 1. The minimum absolute atomic E-state index is 0.982. The predicted octanol–water partition coefficient (Wildman–Crippen LogP) is 3.20. The predicted molar refractivity (Wildman–Crippen MR) is 72.9 cm³/mol. The quantitative estimate of drug-likeness (QED) is 0.862. The molecule has 0 bridgehead atoms. The fourth-order valence-corrected chi connectivity index (χ4v) is 2.22. The van der Waals surface area contributed by atoms with Gasteiger partial charge in [-0.25, -0.2) is 0 Å². The molecule has 16 heavy (non-hydrogen) atoms. The minimum Gasteiger partial charge on any atom is -0.384 e. The third-order valence-electron chi connectivity index (χ3n) is 2.91. The van der Waals surface area contributed by atoms with E-state index in [0.29, 0.717) is 0 Å². The van der Waals surface area contributed by atoms with E-state index >= 15 is 0 Å². The molecule has 2 nitrogen and oxygen atoms in total. The Hall–Kier alpha value is -0.540. The highest BCUT2D eigenvalue weighted by molar-refractivity contribution is 9.10. The molecule has 0 heterocycles. The molecule has 2 rings (SSSR count). The largest absolute Gasteiger partial charge is 0.384 e. The van der Waals surface area contributed by atoms with Crippen LogP contribution in [0.3, 0.4) is 0 Å². The summed E-state index contributed by atoms with van der Waals surface area (Å²) >= 11 is 3.47. The van der Waals surface area contributed by atoms with E-state index in [-0.39, 0.29) is 0 Å². The molecule has 0 amide bonds. The summed E-state index contributed by atoms with van der Waals surface area (Å²) < 4.78 is 1.13. The smallest absolute Gasteiger partial charge is 0.0351 e. The van der Waals surface area contributed by atoms with Gasteiger partial charge in [0, 0.05) is 29.8 Å². The van der Waals surface area contributed by atoms with Crippen LogP contribution in [0, 0.1) is 5.92 Å². The van der Waals surface area contributed by atoms with E-state index in [9.17, 15) is 0 Å². The van der Waals surface area contributed by atoms with Gasteiger partial charge in [-0.2, -0.15) is 0 Å². The molecule has 1 saturated carbocycles. The van der Waals surface area contributed by atoms with Gasteiger partial charge in [-0.15, -0.1) is 0 Å². The summed E-state index contributed by atoms with van der Waals surface area (Å²) in [5.74, 6) is 0.982. The molecule has 0 unspecified atom stereocenters. The van der Waals surface area contributed by atoms with Gasteiger partial charge in [0.25, 0.3) is 0 Å². The second kappa shape index (κ2) is 5.69. The van der Waals surface area contributed by atoms with E-state index < -0.39 is 0 Å². The highest BCUT2D eigenvalue weighted by Crippen LogP contribution is 2.29. The van der Waals surface area contributed by atoms with Gasteiger partial charge in [0.15, 0.2) is 0 Å². The summed E-state index contributed by atoms with van der Waals surface area (Å²) in [6.07, 6.45) is 2.87. The zero-order valence-corrected chi connectivity index (χ0v) is 11.3. The minimum atomic E-state index is 0.982. The molecule has 0 saturated heterocycles. The van der Waals surface area contributed by atoms with Crippen LogP contribution in [0.4, 0.5) is 5.69 Å². The molecule has 0 aliphatic heterocycles. The Kier molecular flexibility index (Phi) is 4.24. The molecule has 1 N–H and O–H groups in total. The number of anilines is 1. The SMILES string of the molecule is CN(CCNc1cccc(Br)c1)CC1CC1. The average Bonchev–Trinajstić information content (AvgIpc) is 3.02. The van der Waals surface area contributed by atoms with Crippen molar-refractivity contribution in [1.82, 2.24) is 4.90 Å². The van der Waals surface area contributed by atoms with E-state index in [1.54, 1.807) is 0 Å². The Labute approximate surface area is 106 Å². The van der Waals surface area contributed by atoms with Gasteiger partial charge in [-0.3, -0.25) is 0 Å². The van der Waals surface area contributed by atoms with Gasteiger partial charge < -0.3 is 10.2 Å². The van der Waals surface area contributed by atoms with Gasteiger partial charge in [-0.05, 0) is 44.0 Å². The molecule has 0 aromatic heterocycles. The lowest BCUT2D eigenvalue weighted by Gasteiger charge is -2.16. The molecule has 1 fully saturated rings. The topological polar surface area (TPSA) is 15.3 Å². The van der Waals surface area contributed by atoms with Crippen LogP contribution in [0.1, 0.15) is 12.8 Å². The Morgan fingerprint density at radius 3 is 2.94 bits per heavy atom. The Bertz CT molecular complexity index is 336. The van der Waals surface area contributed by atoms with E-state index in [4.69, 9.17) is 0 Å². The van der Waals surface area contributed by atoms with Crippen molar-refractivity contribution in [3.63, 3.8) is 0 Å². The number of rotatable bonds is 6. The molecule has 3 heteroatoms. The zero-order valence-electron chi connectivity index (χ0n) is 9.75. The molecule has 1 aromatic carbocycles. The number of hydrogen-bond acceptors (Lipinski definition) is 2. The highest BCUT2D eigenvalue weighted by atomic mass is 79.9. The first-order chi connectivity index (χ1) is 7.74. The second-order valence-corrected chi connectivity index (χ2v) is 5.56. The number of halogens is 1. The number of likely N-dealkylation sites (N-methyl/N-ethyl adjacent to an activating group) is 1. The van der Waals surface area contributed by atoms with Gasteiger partial charge >= 0.3 is 0 Å². The van der Waals surface area contributed by atoms with Crippen molar-refractivity contribution in [2.75, 3.05) is 32.0 Å². The van der Waals surface area contributed by atoms with Crippen LogP contribution in [0.2, 0.25) is 0 Å². The molecular weight excluding hydrogens is 264 g/mol. The van der Waals surface area contributed by atoms with Gasteiger partial charge in [0.2, 0.25) is 0 Å². The number of nitrogens with one attached hydrogen (secondary N) is 1. The summed E-state index contributed by atoms with van der Waals surface area (Å²) in [6, 6.07) is 8.32. The van der Waals surface area contributed by atoms with E-state index in [2.05, 4.69) is 51.4 Å². The zero-order chi connectivity index (χ0) is 11.4. The monoisotopic (exact) mass is 282 g/mol. The van der Waals surface area contributed by atoms with Crippen LogP contribution in [0.15, 0.2) is 28.7 Å². The van der Waals surface area contributed by atoms with Crippen molar-refractivity contribution in [2.45, 2.75) is 12.8 Å². The van der Waals surface area contributed by atoms with Crippen LogP contribution < -0.4 is 5.32 Å². The van der Waals surface area contributed by atoms with Crippen molar-refractivity contribution in [3.05, 3.63) is 28.7 Å². The third-order valence-corrected chi connectivity index (χ3v) is 3.41. The average molecular weight is 283 g/mol. The van der Waals surface area contributed by atoms with Gasteiger partial charge in [0.1, 0.15) is 0 Å². The normalized spacial score (nSPS) is 15.4. The lowest BCUT2D eigenvalue weighted by atomic mass is 10.3. The number of nitrogens with zero attached hydrogens (tertiary/aromatic N) is 1. The first-order valence-corrected chi connectivity index (χ1v) is 6.71. The molecule has 0 atom stereocenters. The van der Waals surface area contributed by atoms with Gasteiger partial charge in [-0.1, -0.05) is 22.0 Å². The fraction of sp³-hybridized carbons (Fsp3) is 0.538. The second-order valence-electron chi connectivity index (χ2n) is 4.64. The summed E-state index contributed by atoms with van der Waals surface area (Å²) in [5.41, 5.74) is 1.19. The van der Waals surface area contributed by atoms with Crippen LogP contribution in [-0.2, 0) is 0 Å². The molecule has 1 aromatic rings. The van der Waals surface area contributed by atoms with Crippen molar-refractivity contribution >= 4 is 21.6 Å². The molecule has 0 spiro atoms. The summed E-state index contributed by atoms with van der Waals surface area (Å²) in [7, 11) is 2.21. The molecule has 88 valence electrons. The molecule has 0 radical (unpaired) electrons. The Morgan fingerprint density at radius 1 is 1.44 bits per heavy atom. The van der Waals surface area contributed by atoms with Crippen LogP contribution >= 0.6 is 15.9 Å². The van der Waals surface area contributed by atoms with Crippen molar-refractivity contribution in [3.8, 4) is 0 Å². The van der Waals surface area contributed by atoms with E-state index in [1.165, 1.54) is 25.1 Å². The molecule has 1 aliphatic carbocycles. The van der Waals surface area contributed by atoms with E-state index in [1.807, 2.05) is 6.07 Å².